The SMILES string of the molecule is CCOC(=O)c1cc(C2CC2)n(CC(C)(C)O)n1. The molecule has 1 aliphatic rings. The molecule has 1 heterocycles. The minimum Gasteiger partial charge on any atom is -0.461 e. The topological polar surface area (TPSA) is 64.3 Å². The van der Waals surface area contributed by atoms with Crippen molar-refractivity contribution in [3.05, 3.63) is 17.5 Å². The highest BCUT2D eigenvalue weighted by molar-refractivity contribution is 5.87. The summed E-state index contributed by atoms with van der Waals surface area (Å²) in [5.74, 6) is 0.0805. The number of ether oxygens (including phenoxy) is 1. The van der Waals surface area contributed by atoms with E-state index in [1.165, 1.54) is 0 Å². The van der Waals surface area contributed by atoms with Crippen LogP contribution in [0.25, 0.3) is 0 Å². The number of aliphatic hydroxyl groups is 1. The largest absolute Gasteiger partial charge is 0.461 e. The summed E-state index contributed by atoms with van der Waals surface area (Å²) in [6, 6.07) is 1.79. The monoisotopic (exact) mass is 252 g/mol. The standard InChI is InChI=1S/C13H20N2O3/c1-4-18-12(16)10-7-11(9-5-6-9)15(14-10)8-13(2,3)17/h7,9,17H,4-6,8H2,1-3H3. The summed E-state index contributed by atoms with van der Waals surface area (Å²) in [6.07, 6.45) is 2.25. The van der Waals surface area contributed by atoms with Crippen molar-refractivity contribution in [1.29, 1.82) is 0 Å². The van der Waals surface area contributed by atoms with E-state index in [1.54, 1.807) is 31.5 Å². The smallest absolute Gasteiger partial charge is 0.358 e. The van der Waals surface area contributed by atoms with Gasteiger partial charge in [-0.3, -0.25) is 4.68 Å². The predicted molar refractivity (Wildman–Crippen MR) is 66.5 cm³/mol. The van der Waals surface area contributed by atoms with Crippen LogP contribution in [0.15, 0.2) is 6.07 Å². The summed E-state index contributed by atoms with van der Waals surface area (Å²) in [7, 11) is 0. The lowest BCUT2D eigenvalue weighted by molar-refractivity contribution is 0.0495. The molecule has 5 heteroatoms. The molecule has 18 heavy (non-hydrogen) atoms. The van der Waals surface area contributed by atoms with Crippen LogP contribution in [0.4, 0.5) is 0 Å². The fourth-order valence-corrected chi connectivity index (χ4v) is 1.94. The van der Waals surface area contributed by atoms with Crippen LogP contribution in [0.3, 0.4) is 0 Å². The van der Waals surface area contributed by atoms with Gasteiger partial charge in [-0.05, 0) is 39.7 Å². The molecule has 5 nitrogen and oxygen atoms in total. The van der Waals surface area contributed by atoms with Crippen LogP contribution in [0.5, 0.6) is 0 Å². The number of nitrogens with zero attached hydrogens (tertiary/aromatic N) is 2. The molecule has 0 amide bonds. The van der Waals surface area contributed by atoms with Crippen molar-refractivity contribution in [3.8, 4) is 0 Å². The van der Waals surface area contributed by atoms with Crippen molar-refractivity contribution in [2.24, 2.45) is 0 Å². The lowest BCUT2D eigenvalue weighted by Crippen LogP contribution is -2.27. The molecule has 1 N–H and O–H groups in total. The maximum atomic E-state index is 11.7. The lowest BCUT2D eigenvalue weighted by atomic mass is 10.1. The number of hydrogen-bond acceptors (Lipinski definition) is 4. The van der Waals surface area contributed by atoms with Gasteiger partial charge >= 0.3 is 5.97 Å². The average molecular weight is 252 g/mol. The number of carbonyl (C=O) groups excluding carboxylic acids is 1. The summed E-state index contributed by atoms with van der Waals surface area (Å²) in [6.45, 7) is 5.96. The first-order chi connectivity index (χ1) is 8.40. The van der Waals surface area contributed by atoms with E-state index >= 15 is 0 Å². The third kappa shape index (κ3) is 3.10. The van der Waals surface area contributed by atoms with Gasteiger partial charge in [0.1, 0.15) is 0 Å². The van der Waals surface area contributed by atoms with E-state index < -0.39 is 11.6 Å². The van der Waals surface area contributed by atoms with Crippen LogP contribution in [-0.4, -0.2) is 33.1 Å². The predicted octanol–water partition coefficient (Wildman–Crippen LogP) is 1.71. The summed E-state index contributed by atoms with van der Waals surface area (Å²) in [5.41, 5.74) is 0.518. The minimum absolute atomic E-state index is 0.336. The molecule has 1 aromatic rings. The molecular weight excluding hydrogens is 232 g/mol. The molecule has 0 saturated heterocycles. The average Bonchev–Trinajstić information content (AvgIpc) is 2.99. The molecule has 100 valence electrons. The second kappa shape index (κ2) is 4.72. The zero-order valence-electron chi connectivity index (χ0n) is 11.1. The van der Waals surface area contributed by atoms with Crippen LogP contribution >= 0.6 is 0 Å². The highest BCUT2D eigenvalue weighted by atomic mass is 16.5. The molecule has 0 radical (unpaired) electrons. The first kappa shape index (κ1) is 13.1. The van der Waals surface area contributed by atoms with Gasteiger partial charge in [0, 0.05) is 11.6 Å². The van der Waals surface area contributed by atoms with Gasteiger partial charge in [-0.1, -0.05) is 0 Å². The zero-order valence-corrected chi connectivity index (χ0v) is 11.1. The van der Waals surface area contributed by atoms with Crippen molar-refractivity contribution in [1.82, 2.24) is 9.78 Å². The molecule has 0 aromatic carbocycles. The number of esters is 1. The quantitative estimate of drug-likeness (QED) is 0.810. The summed E-state index contributed by atoms with van der Waals surface area (Å²) in [5, 5.41) is 14.1. The summed E-state index contributed by atoms with van der Waals surface area (Å²) >= 11 is 0. The third-order valence-electron chi connectivity index (χ3n) is 2.83. The van der Waals surface area contributed by atoms with E-state index in [9.17, 15) is 9.90 Å². The van der Waals surface area contributed by atoms with Gasteiger partial charge in [-0.25, -0.2) is 4.79 Å². The van der Waals surface area contributed by atoms with Crippen LogP contribution < -0.4 is 0 Å². The van der Waals surface area contributed by atoms with E-state index in [0.717, 1.165) is 18.5 Å². The molecule has 2 rings (SSSR count). The third-order valence-corrected chi connectivity index (χ3v) is 2.83. The van der Waals surface area contributed by atoms with E-state index in [4.69, 9.17) is 4.74 Å². The molecule has 0 bridgehead atoms. The number of rotatable bonds is 5. The van der Waals surface area contributed by atoms with Crippen LogP contribution in [0.2, 0.25) is 0 Å². The maximum Gasteiger partial charge on any atom is 0.358 e. The van der Waals surface area contributed by atoms with E-state index in [1.807, 2.05) is 0 Å². The Balaban J connectivity index is 2.24. The Kier molecular flexibility index (Phi) is 3.43. The lowest BCUT2D eigenvalue weighted by Gasteiger charge is -2.18. The first-order valence-corrected chi connectivity index (χ1v) is 6.38. The Labute approximate surface area is 107 Å². The van der Waals surface area contributed by atoms with Crippen molar-refractivity contribution in [2.45, 2.75) is 51.7 Å². The highest BCUT2D eigenvalue weighted by Gasteiger charge is 2.31. The number of carbonyl (C=O) groups is 1. The second-order valence-corrected chi connectivity index (χ2v) is 5.42. The van der Waals surface area contributed by atoms with Gasteiger partial charge in [0.25, 0.3) is 0 Å². The first-order valence-electron chi connectivity index (χ1n) is 6.38. The fourth-order valence-electron chi connectivity index (χ4n) is 1.94. The highest BCUT2D eigenvalue weighted by Crippen LogP contribution is 2.40. The van der Waals surface area contributed by atoms with Crippen molar-refractivity contribution in [2.75, 3.05) is 6.61 Å². The Morgan fingerprint density at radius 2 is 2.28 bits per heavy atom. The Bertz CT molecular complexity index is 442. The maximum absolute atomic E-state index is 11.7. The molecule has 0 aliphatic heterocycles. The van der Waals surface area contributed by atoms with Crippen molar-refractivity contribution in [3.63, 3.8) is 0 Å². The van der Waals surface area contributed by atoms with Crippen LogP contribution in [-0.2, 0) is 11.3 Å². The summed E-state index contributed by atoms with van der Waals surface area (Å²) < 4.78 is 6.69. The van der Waals surface area contributed by atoms with Gasteiger partial charge < -0.3 is 9.84 Å². The minimum atomic E-state index is -0.846. The Morgan fingerprint density at radius 1 is 1.61 bits per heavy atom. The molecular formula is C13H20N2O3. The molecule has 1 aromatic heterocycles. The van der Waals surface area contributed by atoms with Gasteiger partial charge in [0.05, 0.1) is 18.8 Å². The van der Waals surface area contributed by atoms with Crippen LogP contribution in [0, 0.1) is 0 Å². The number of aromatic nitrogens is 2. The molecule has 1 fully saturated rings. The van der Waals surface area contributed by atoms with Gasteiger partial charge in [0.2, 0.25) is 0 Å². The van der Waals surface area contributed by atoms with Crippen molar-refractivity contribution >= 4 is 5.97 Å². The molecule has 0 atom stereocenters. The van der Waals surface area contributed by atoms with Gasteiger partial charge in [0.15, 0.2) is 5.69 Å². The number of hydrogen-bond donors (Lipinski definition) is 1. The molecule has 1 saturated carbocycles. The molecule has 1 aliphatic carbocycles. The molecule has 0 unspecified atom stereocenters. The van der Waals surface area contributed by atoms with Crippen LogP contribution in [0.1, 0.15) is 55.7 Å². The van der Waals surface area contributed by atoms with E-state index in [-0.39, 0.29) is 0 Å². The van der Waals surface area contributed by atoms with Crippen molar-refractivity contribution < 1.29 is 14.6 Å². The van der Waals surface area contributed by atoms with E-state index in [2.05, 4.69) is 5.10 Å². The Morgan fingerprint density at radius 3 is 2.78 bits per heavy atom. The van der Waals surface area contributed by atoms with Gasteiger partial charge in [-0.15, -0.1) is 0 Å². The normalized spacial score (nSPS) is 15.8. The second-order valence-electron chi connectivity index (χ2n) is 5.42. The fraction of sp³-hybridized carbons (Fsp3) is 0.692. The molecule has 0 spiro atoms. The Hall–Kier alpha value is -1.36. The van der Waals surface area contributed by atoms with Gasteiger partial charge in [-0.2, -0.15) is 5.10 Å². The summed E-state index contributed by atoms with van der Waals surface area (Å²) in [4.78, 5) is 11.7. The zero-order chi connectivity index (χ0) is 13.3. The van der Waals surface area contributed by atoms with E-state index in [0.29, 0.717) is 24.8 Å².